The molecule has 7 heteroatoms. The highest BCUT2D eigenvalue weighted by Gasteiger charge is 2.07. The standard InChI is InChI=1S/C23H21BrN4O2/c1-28-20-6-4-3-5-19(20)26-23(28)27-25-14-17-9-12-21(22(13-17)29-2)30-15-16-7-10-18(24)11-8-16/h3-14H,15H2,1-2H3,(H,26,27)/b25-14-. The lowest BCUT2D eigenvalue weighted by atomic mass is 10.2. The zero-order chi connectivity index (χ0) is 20.9. The van der Waals surface area contributed by atoms with Gasteiger partial charge in [0, 0.05) is 11.5 Å². The molecule has 0 aliphatic rings. The maximum Gasteiger partial charge on any atom is 0.224 e. The van der Waals surface area contributed by atoms with Crippen LogP contribution in [0.3, 0.4) is 0 Å². The van der Waals surface area contributed by atoms with Gasteiger partial charge in [0.05, 0.1) is 24.4 Å². The highest BCUT2D eigenvalue weighted by molar-refractivity contribution is 9.10. The summed E-state index contributed by atoms with van der Waals surface area (Å²) in [5.74, 6) is 2.01. The summed E-state index contributed by atoms with van der Waals surface area (Å²) in [5.41, 5.74) is 6.93. The number of fused-ring (bicyclic) bond motifs is 1. The van der Waals surface area contributed by atoms with Gasteiger partial charge in [0.2, 0.25) is 5.95 Å². The van der Waals surface area contributed by atoms with Crippen LogP contribution < -0.4 is 14.9 Å². The van der Waals surface area contributed by atoms with Crippen molar-refractivity contribution in [3.05, 3.63) is 82.3 Å². The molecule has 0 amide bonds. The maximum atomic E-state index is 5.92. The van der Waals surface area contributed by atoms with Crippen molar-refractivity contribution in [3.63, 3.8) is 0 Å². The highest BCUT2D eigenvalue weighted by atomic mass is 79.9. The van der Waals surface area contributed by atoms with Gasteiger partial charge in [-0.3, -0.25) is 0 Å². The van der Waals surface area contributed by atoms with Crippen LogP contribution in [0.4, 0.5) is 5.95 Å². The van der Waals surface area contributed by atoms with Crippen LogP contribution in [0.5, 0.6) is 11.5 Å². The first-order valence-electron chi connectivity index (χ1n) is 9.40. The van der Waals surface area contributed by atoms with E-state index in [1.807, 2.05) is 78.3 Å². The molecule has 0 fully saturated rings. The summed E-state index contributed by atoms with van der Waals surface area (Å²) >= 11 is 3.44. The first-order chi connectivity index (χ1) is 14.6. The molecule has 0 saturated carbocycles. The van der Waals surface area contributed by atoms with E-state index < -0.39 is 0 Å². The third-order valence-electron chi connectivity index (χ3n) is 4.66. The molecule has 0 saturated heterocycles. The predicted molar refractivity (Wildman–Crippen MR) is 123 cm³/mol. The number of rotatable bonds is 7. The van der Waals surface area contributed by atoms with Crippen molar-refractivity contribution in [1.82, 2.24) is 9.55 Å². The molecule has 0 radical (unpaired) electrons. The zero-order valence-electron chi connectivity index (χ0n) is 16.7. The molecule has 6 nitrogen and oxygen atoms in total. The number of anilines is 1. The van der Waals surface area contributed by atoms with E-state index in [0.29, 0.717) is 24.1 Å². The normalized spacial score (nSPS) is 11.2. The molecular formula is C23H21BrN4O2. The predicted octanol–water partition coefficient (Wildman–Crippen LogP) is 5.37. The average Bonchev–Trinajstić information content (AvgIpc) is 3.09. The topological polar surface area (TPSA) is 60.7 Å². The van der Waals surface area contributed by atoms with E-state index in [9.17, 15) is 0 Å². The number of nitrogens with one attached hydrogen (secondary N) is 1. The van der Waals surface area contributed by atoms with E-state index in [4.69, 9.17) is 9.47 Å². The Morgan fingerprint density at radius 2 is 1.87 bits per heavy atom. The Bertz CT molecular complexity index is 1190. The van der Waals surface area contributed by atoms with Crippen LogP contribution in [0.1, 0.15) is 11.1 Å². The van der Waals surface area contributed by atoms with Gasteiger partial charge < -0.3 is 14.0 Å². The second-order valence-corrected chi connectivity index (χ2v) is 7.59. The molecule has 0 unspecified atom stereocenters. The Morgan fingerprint density at radius 3 is 2.63 bits per heavy atom. The minimum Gasteiger partial charge on any atom is -0.493 e. The number of hydrogen-bond acceptors (Lipinski definition) is 5. The number of ether oxygens (including phenoxy) is 2. The van der Waals surface area contributed by atoms with Gasteiger partial charge in [-0.2, -0.15) is 5.10 Å². The molecule has 1 N–H and O–H groups in total. The van der Waals surface area contributed by atoms with E-state index in [-0.39, 0.29) is 0 Å². The summed E-state index contributed by atoms with van der Waals surface area (Å²) in [6.07, 6.45) is 1.72. The molecule has 0 aliphatic carbocycles. The number of para-hydroxylation sites is 2. The molecule has 0 bridgehead atoms. The van der Waals surface area contributed by atoms with Gasteiger partial charge in [-0.15, -0.1) is 0 Å². The Hall–Kier alpha value is -3.32. The van der Waals surface area contributed by atoms with Gasteiger partial charge in [0.15, 0.2) is 11.5 Å². The van der Waals surface area contributed by atoms with Crippen molar-refractivity contribution >= 4 is 39.1 Å². The van der Waals surface area contributed by atoms with Gasteiger partial charge >= 0.3 is 0 Å². The van der Waals surface area contributed by atoms with Crippen LogP contribution in [-0.2, 0) is 13.7 Å². The molecule has 0 atom stereocenters. The van der Waals surface area contributed by atoms with Crippen molar-refractivity contribution in [3.8, 4) is 11.5 Å². The number of halogens is 1. The molecule has 0 spiro atoms. The van der Waals surface area contributed by atoms with Crippen LogP contribution in [0.15, 0.2) is 76.3 Å². The molecule has 1 aromatic heterocycles. The molecule has 152 valence electrons. The molecule has 30 heavy (non-hydrogen) atoms. The number of hydrazone groups is 1. The monoisotopic (exact) mass is 464 g/mol. The molecule has 4 aromatic rings. The maximum absolute atomic E-state index is 5.92. The molecule has 1 heterocycles. The highest BCUT2D eigenvalue weighted by Crippen LogP contribution is 2.28. The third kappa shape index (κ3) is 4.46. The van der Waals surface area contributed by atoms with E-state index in [1.54, 1.807) is 13.3 Å². The van der Waals surface area contributed by atoms with Gasteiger partial charge in [0.25, 0.3) is 0 Å². The SMILES string of the molecule is COc1cc(/C=N\Nc2nc3ccccc3n2C)ccc1OCc1ccc(Br)cc1. The van der Waals surface area contributed by atoms with E-state index in [1.165, 1.54) is 0 Å². The first kappa shape index (κ1) is 20.0. The number of aryl methyl sites for hydroxylation is 1. The second kappa shape index (κ2) is 9.00. The Balaban J connectivity index is 1.44. The van der Waals surface area contributed by atoms with Crippen molar-refractivity contribution in [1.29, 1.82) is 0 Å². The Labute approximate surface area is 183 Å². The second-order valence-electron chi connectivity index (χ2n) is 6.68. The summed E-state index contributed by atoms with van der Waals surface area (Å²) in [7, 11) is 3.58. The largest absolute Gasteiger partial charge is 0.493 e. The number of nitrogens with zero attached hydrogens (tertiary/aromatic N) is 3. The van der Waals surface area contributed by atoms with Gasteiger partial charge in [-0.1, -0.05) is 40.2 Å². The molecule has 4 rings (SSSR count). The first-order valence-corrected chi connectivity index (χ1v) is 10.2. The Kier molecular flexibility index (Phi) is 5.99. The fourth-order valence-electron chi connectivity index (χ4n) is 3.04. The van der Waals surface area contributed by atoms with Crippen molar-refractivity contribution in [2.75, 3.05) is 12.5 Å². The summed E-state index contributed by atoms with van der Waals surface area (Å²) in [6.45, 7) is 0.464. The summed E-state index contributed by atoms with van der Waals surface area (Å²) in [5, 5.41) is 4.32. The minimum absolute atomic E-state index is 0.464. The van der Waals surface area contributed by atoms with Crippen LogP contribution in [0.25, 0.3) is 11.0 Å². The van der Waals surface area contributed by atoms with Crippen LogP contribution in [-0.4, -0.2) is 22.9 Å². The number of aromatic nitrogens is 2. The van der Waals surface area contributed by atoms with Crippen LogP contribution >= 0.6 is 15.9 Å². The van der Waals surface area contributed by atoms with Crippen LogP contribution in [0.2, 0.25) is 0 Å². The quantitative estimate of drug-likeness (QED) is 0.295. The number of methoxy groups -OCH3 is 1. The fourth-order valence-corrected chi connectivity index (χ4v) is 3.30. The van der Waals surface area contributed by atoms with Crippen LogP contribution in [0, 0.1) is 0 Å². The van der Waals surface area contributed by atoms with Crippen molar-refractivity contribution in [2.45, 2.75) is 6.61 Å². The lowest BCUT2D eigenvalue weighted by Gasteiger charge is -2.11. The minimum atomic E-state index is 0.464. The third-order valence-corrected chi connectivity index (χ3v) is 5.19. The molecule has 3 aromatic carbocycles. The lowest BCUT2D eigenvalue weighted by Crippen LogP contribution is -2.00. The fraction of sp³-hybridized carbons (Fsp3) is 0.130. The average molecular weight is 465 g/mol. The lowest BCUT2D eigenvalue weighted by molar-refractivity contribution is 0.284. The summed E-state index contributed by atoms with van der Waals surface area (Å²) in [4.78, 5) is 4.54. The zero-order valence-corrected chi connectivity index (χ0v) is 18.3. The van der Waals surface area contributed by atoms with Gasteiger partial charge in [0.1, 0.15) is 6.61 Å². The van der Waals surface area contributed by atoms with Crippen molar-refractivity contribution in [2.24, 2.45) is 12.1 Å². The number of imidazole rings is 1. The Morgan fingerprint density at radius 1 is 1.07 bits per heavy atom. The number of hydrogen-bond donors (Lipinski definition) is 1. The molecular weight excluding hydrogens is 444 g/mol. The number of benzene rings is 3. The van der Waals surface area contributed by atoms with E-state index in [2.05, 4.69) is 31.4 Å². The van der Waals surface area contributed by atoms with Gasteiger partial charge in [-0.05, 0) is 53.6 Å². The van der Waals surface area contributed by atoms with Gasteiger partial charge in [-0.25, -0.2) is 10.4 Å². The summed E-state index contributed by atoms with van der Waals surface area (Å²) < 4.78 is 14.4. The van der Waals surface area contributed by atoms with E-state index >= 15 is 0 Å². The molecule has 0 aliphatic heterocycles. The smallest absolute Gasteiger partial charge is 0.224 e. The van der Waals surface area contributed by atoms with E-state index in [0.717, 1.165) is 26.6 Å². The van der Waals surface area contributed by atoms with Crippen molar-refractivity contribution < 1.29 is 9.47 Å². The summed E-state index contributed by atoms with van der Waals surface area (Å²) in [6, 6.07) is 21.7.